The molecule has 1 heterocycles. The largest absolute Gasteiger partial charge is 0.484 e. The number of ether oxygens (including phenoxy) is 2. The molecular formula is C13H17ClN2O4. The molecule has 1 unspecified atom stereocenters. The zero-order chi connectivity index (χ0) is 14.8. The average molecular weight is 301 g/mol. The predicted octanol–water partition coefficient (Wildman–Crippen LogP) is 2.39. The Bertz CT molecular complexity index is 507. The first-order valence-corrected chi connectivity index (χ1v) is 6.70. The molecule has 6 nitrogen and oxygen atoms in total. The summed E-state index contributed by atoms with van der Waals surface area (Å²) in [6.45, 7) is 5.61. The van der Waals surface area contributed by atoms with Crippen LogP contribution in [0.2, 0.25) is 5.02 Å². The highest BCUT2D eigenvalue weighted by Crippen LogP contribution is 2.30. The van der Waals surface area contributed by atoms with E-state index in [1.807, 2.05) is 13.8 Å². The van der Waals surface area contributed by atoms with Gasteiger partial charge in [0.2, 0.25) is 0 Å². The van der Waals surface area contributed by atoms with Crippen molar-refractivity contribution in [3.8, 4) is 5.75 Å². The summed E-state index contributed by atoms with van der Waals surface area (Å²) < 4.78 is 11.4. The summed E-state index contributed by atoms with van der Waals surface area (Å²) in [5, 5.41) is 14.6. The number of benzene rings is 1. The average Bonchev–Trinajstić information content (AvgIpc) is 2.35. The molecule has 0 amide bonds. The van der Waals surface area contributed by atoms with E-state index >= 15 is 0 Å². The van der Waals surface area contributed by atoms with E-state index < -0.39 is 4.92 Å². The fraction of sp³-hybridized carbons (Fsp3) is 0.538. The van der Waals surface area contributed by atoms with Crippen LogP contribution in [-0.4, -0.2) is 36.3 Å². The summed E-state index contributed by atoms with van der Waals surface area (Å²) in [5.41, 5.74) is -0.371. The molecule has 1 aromatic carbocycles. The Morgan fingerprint density at radius 3 is 3.00 bits per heavy atom. The minimum absolute atomic E-state index is 0.0996. The van der Waals surface area contributed by atoms with Gasteiger partial charge in [0.1, 0.15) is 12.7 Å². The Morgan fingerprint density at radius 2 is 2.35 bits per heavy atom. The van der Waals surface area contributed by atoms with E-state index in [1.165, 1.54) is 18.2 Å². The van der Waals surface area contributed by atoms with Crippen LogP contribution in [0.15, 0.2) is 18.2 Å². The van der Waals surface area contributed by atoms with Crippen molar-refractivity contribution in [3.63, 3.8) is 0 Å². The van der Waals surface area contributed by atoms with Crippen LogP contribution in [0.5, 0.6) is 5.75 Å². The molecule has 0 bridgehead atoms. The van der Waals surface area contributed by atoms with E-state index in [2.05, 4.69) is 5.32 Å². The summed E-state index contributed by atoms with van der Waals surface area (Å²) >= 11 is 5.84. The van der Waals surface area contributed by atoms with Crippen molar-refractivity contribution in [3.05, 3.63) is 33.3 Å². The fourth-order valence-corrected chi connectivity index (χ4v) is 2.26. The Hall–Kier alpha value is -1.37. The van der Waals surface area contributed by atoms with Crippen LogP contribution in [0.1, 0.15) is 13.8 Å². The Labute approximate surface area is 122 Å². The first kappa shape index (κ1) is 15.0. The molecule has 7 heteroatoms. The van der Waals surface area contributed by atoms with Crippen LogP contribution in [0.3, 0.4) is 0 Å². The van der Waals surface area contributed by atoms with Gasteiger partial charge in [-0.15, -0.1) is 0 Å². The van der Waals surface area contributed by atoms with Crippen molar-refractivity contribution in [2.24, 2.45) is 0 Å². The van der Waals surface area contributed by atoms with Crippen molar-refractivity contribution in [1.29, 1.82) is 0 Å². The van der Waals surface area contributed by atoms with Gasteiger partial charge in [-0.05, 0) is 19.9 Å². The second kappa shape index (κ2) is 5.95. The topological polar surface area (TPSA) is 73.6 Å². The van der Waals surface area contributed by atoms with E-state index in [-0.39, 0.29) is 29.7 Å². The van der Waals surface area contributed by atoms with Crippen molar-refractivity contribution in [2.75, 3.05) is 19.7 Å². The van der Waals surface area contributed by atoms with Gasteiger partial charge in [-0.3, -0.25) is 10.1 Å². The highest BCUT2D eigenvalue weighted by molar-refractivity contribution is 6.30. The Balaban J connectivity index is 2.03. The molecule has 1 aliphatic rings. The minimum Gasteiger partial charge on any atom is -0.484 e. The zero-order valence-corrected chi connectivity index (χ0v) is 12.1. The number of nitro benzene ring substituents is 1. The lowest BCUT2D eigenvalue weighted by Gasteiger charge is -2.36. The maximum Gasteiger partial charge on any atom is 0.311 e. The van der Waals surface area contributed by atoms with E-state index in [1.54, 1.807) is 0 Å². The van der Waals surface area contributed by atoms with Gasteiger partial charge in [-0.2, -0.15) is 0 Å². The Kier molecular flexibility index (Phi) is 4.47. The predicted molar refractivity (Wildman–Crippen MR) is 75.4 cm³/mol. The fourth-order valence-electron chi connectivity index (χ4n) is 2.10. The molecule has 0 aromatic heterocycles. The van der Waals surface area contributed by atoms with Crippen LogP contribution in [-0.2, 0) is 4.74 Å². The molecule has 0 aliphatic carbocycles. The third kappa shape index (κ3) is 3.82. The SMILES string of the molecule is CC1(C)CNCC(COc2cc(Cl)ccc2[N+](=O)[O-])O1. The molecule has 20 heavy (non-hydrogen) atoms. The van der Waals surface area contributed by atoms with Gasteiger partial charge in [-0.25, -0.2) is 0 Å². The van der Waals surface area contributed by atoms with Crippen molar-refractivity contribution in [1.82, 2.24) is 5.32 Å². The Morgan fingerprint density at radius 1 is 1.60 bits per heavy atom. The van der Waals surface area contributed by atoms with Crippen LogP contribution in [0.25, 0.3) is 0 Å². The zero-order valence-electron chi connectivity index (χ0n) is 11.4. The second-order valence-electron chi connectivity index (χ2n) is 5.31. The lowest BCUT2D eigenvalue weighted by atomic mass is 10.1. The normalized spacial score (nSPS) is 21.4. The summed E-state index contributed by atoms with van der Waals surface area (Å²) in [6.07, 6.45) is -0.155. The van der Waals surface area contributed by atoms with Gasteiger partial charge < -0.3 is 14.8 Å². The number of hydrogen-bond acceptors (Lipinski definition) is 5. The van der Waals surface area contributed by atoms with Gasteiger partial charge in [-0.1, -0.05) is 11.6 Å². The molecule has 0 radical (unpaired) electrons. The number of nitrogens with zero attached hydrogens (tertiary/aromatic N) is 1. The molecule has 0 saturated carbocycles. The lowest BCUT2D eigenvalue weighted by molar-refractivity contribution is -0.386. The number of hydrogen-bond donors (Lipinski definition) is 1. The van der Waals surface area contributed by atoms with Gasteiger partial charge >= 0.3 is 5.69 Å². The molecule has 1 fully saturated rings. The molecule has 1 aliphatic heterocycles. The van der Waals surface area contributed by atoms with Crippen molar-refractivity contribution in [2.45, 2.75) is 25.6 Å². The van der Waals surface area contributed by atoms with E-state index in [0.29, 0.717) is 11.6 Å². The summed E-state index contributed by atoms with van der Waals surface area (Å²) in [5.74, 6) is 0.162. The lowest BCUT2D eigenvalue weighted by Crippen LogP contribution is -2.52. The number of morpholine rings is 1. The third-order valence-electron chi connectivity index (χ3n) is 2.95. The molecule has 0 spiro atoms. The van der Waals surface area contributed by atoms with Crippen LogP contribution >= 0.6 is 11.6 Å². The van der Waals surface area contributed by atoms with Crippen LogP contribution in [0, 0.1) is 10.1 Å². The van der Waals surface area contributed by atoms with Gasteiger partial charge in [0.15, 0.2) is 5.75 Å². The smallest absolute Gasteiger partial charge is 0.311 e. The summed E-state index contributed by atoms with van der Waals surface area (Å²) in [7, 11) is 0. The summed E-state index contributed by atoms with van der Waals surface area (Å²) in [6, 6.07) is 4.25. The molecule has 1 aromatic rings. The molecule has 1 saturated heterocycles. The highest BCUT2D eigenvalue weighted by Gasteiger charge is 2.29. The third-order valence-corrected chi connectivity index (χ3v) is 3.19. The monoisotopic (exact) mass is 300 g/mol. The first-order chi connectivity index (χ1) is 9.37. The molecule has 1 atom stereocenters. The first-order valence-electron chi connectivity index (χ1n) is 6.33. The van der Waals surface area contributed by atoms with Gasteiger partial charge in [0.05, 0.1) is 10.5 Å². The van der Waals surface area contributed by atoms with E-state index in [0.717, 1.165) is 6.54 Å². The minimum atomic E-state index is -0.490. The molecule has 1 N–H and O–H groups in total. The van der Waals surface area contributed by atoms with E-state index in [4.69, 9.17) is 21.1 Å². The quantitative estimate of drug-likeness (QED) is 0.683. The van der Waals surface area contributed by atoms with Crippen LogP contribution in [0.4, 0.5) is 5.69 Å². The van der Waals surface area contributed by atoms with Crippen molar-refractivity contribution < 1.29 is 14.4 Å². The standard InChI is InChI=1S/C13H17ClN2O4/c1-13(2)8-15-6-10(20-13)7-19-12-5-9(14)3-4-11(12)16(17)18/h3-5,10,15H,6-8H2,1-2H3. The number of nitrogens with one attached hydrogen (secondary N) is 1. The second-order valence-corrected chi connectivity index (χ2v) is 5.75. The molecule has 110 valence electrons. The van der Waals surface area contributed by atoms with Gasteiger partial charge in [0, 0.05) is 30.2 Å². The summed E-state index contributed by atoms with van der Waals surface area (Å²) in [4.78, 5) is 10.4. The molecule has 2 rings (SSSR count). The van der Waals surface area contributed by atoms with Crippen molar-refractivity contribution >= 4 is 17.3 Å². The maximum absolute atomic E-state index is 10.9. The maximum atomic E-state index is 10.9. The van der Waals surface area contributed by atoms with Crippen LogP contribution < -0.4 is 10.1 Å². The number of rotatable bonds is 4. The molecular weight excluding hydrogens is 284 g/mol. The number of nitro groups is 1. The van der Waals surface area contributed by atoms with E-state index in [9.17, 15) is 10.1 Å². The van der Waals surface area contributed by atoms with Gasteiger partial charge in [0.25, 0.3) is 0 Å². The number of halogens is 1. The highest BCUT2D eigenvalue weighted by atomic mass is 35.5.